The van der Waals surface area contributed by atoms with Gasteiger partial charge in [-0.05, 0) is 88.7 Å². The minimum Gasteiger partial charge on any atom is -0.390 e. The Morgan fingerprint density at radius 3 is 1.21 bits per heavy atom. The van der Waals surface area contributed by atoms with Crippen molar-refractivity contribution in [3.8, 4) is 0 Å². The van der Waals surface area contributed by atoms with Crippen molar-refractivity contribution in [2.45, 2.75) is 208 Å². The summed E-state index contributed by atoms with van der Waals surface area (Å²) >= 11 is 0. The molecule has 2 nitrogen and oxygen atoms in total. The third-order valence-electron chi connectivity index (χ3n) is 10.3. The van der Waals surface area contributed by atoms with Crippen LogP contribution in [0.4, 0.5) is 0 Å². The molecule has 1 heterocycles. The molecule has 1 aliphatic heterocycles. The molecule has 0 aromatic heterocycles. The number of hydrogen-bond donors (Lipinski definition) is 1. The monoisotopic (exact) mass is 741 g/mol. The Morgan fingerprint density at radius 1 is 0.528 bits per heavy atom. The fraction of sp³-hybridized carbons (Fsp3) is 0.765. The van der Waals surface area contributed by atoms with Crippen LogP contribution in [-0.2, 0) is 4.74 Å². The maximum Gasteiger partial charge on any atom is 0.0864 e. The van der Waals surface area contributed by atoms with E-state index in [0.717, 1.165) is 30.1 Å². The topological polar surface area (TPSA) is 29.5 Å². The Kier molecular flexibility index (Phi) is 32.1. The van der Waals surface area contributed by atoms with Crippen molar-refractivity contribution in [3.63, 3.8) is 0 Å². The van der Waals surface area contributed by atoms with Crippen LogP contribution in [0.25, 0.3) is 0 Å². The highest BCUT2D eigenvalue weighted by atomic mass is 16.5. The van der Waals surface area contributed by atoms with E-state index in [4.69, 9.17) is 4.74 Å². The Morgan fingerprint density at radius 2 is 0.925 bits per heavy atom. The van der Waals surface area contributed by atoms with Gasteiger partial charge in [-0.2, -0.15) is 0 Å². The quantitative estimate of drug-likeness (QED) is 0.235. The zero-order chi connectivity index (χ0) is 40.7. The predicted molar refractivity (Wildman–Crippen MR) is 242 cm³/mol. The van der Waals surface area contributed by atoms with Crippen LogP contribution in [0.3, 0.4) is 0 Å². The number of rotatable bonds is 12. The Balaban J connectivity index is -0.000000638. The van der Waals surface area contributed by atoms with Gasteiger partial charge >= 0.3 is 0 Å². The highest BCUT2D eigenvalue weighted by molar-refractivity contribution is 5.27. The van der Waals surface area contributed by atoms with Crippen molar-refractivity contribution in [2.75, 3.05) is 0 Å². The van der Waals surface area contributed by atoms with Crippen LogP contribution >= 0.6 is 0 Å². The lowest BCUT2D eigenvalue weighted by Gasteiger charge is -2.25. The average Bonchev–Trinajstić information content (AvgIpc) is 3.40. The first-order chi connectivity index (χ1) is 24.1. The van der Waals surface area contributed by atoms with Crippen LogP contribution in [0.2, 0.25) is 0 Å². The van der Waals surface area contributed by atoms with Gasteiger partial charge < -0.3 is 9.84 Å². The van der Waals surface area contributed by atoms with Crippen molar-refractivity contribution in [1.29, 1.82) is 0 Å². The van der Waals surface area contributed by atoms with Crippen molar-refractivity contribution < 1.29 is 9.84 Å². The van der Waals surface area contributed by atoms with Crippen LogP contribution in [-0.4, -0.2) is 23.4 Å². The summed E-state index contributed by atoms with van der Waals surface area (Å²) in [5.74, 6) is 7.07. The molecule has 1 aliphatic rings. The van der Waals surface area contributed by atoms with Crippen molar-refractivity contribution in [1.82, 2.24) is 0 Å². The smallest absolute Gasteiger partial charge is 0.0864 e. The number of aliphatic hydroxyl groups is 1. The van der Waals surface area contributed by atoms with Crippen LogP contribution < -0.4 is 0 Å². The number of aliphatic hydroxyl groups excluding tert-OH is 1. The third kappa shape index (κ3) is 25.2. The van der Waals surface area contributed by atoms with Crippen LogP contribution in [0, 0.1) is 47.3 Å². The van der Waals surface area contributed by atoms with Gasteiger partial charge in [0.05, 0.1) is 18.3 Å². The Bertz CT molecular complexity index is 1050. The highest BCUT2D eigenvalue weighted by Gasteiger charge is 2.45. The molecule has 312 valence electrons. The second-order valence-electron chi connectivity index (χ2n) is 18.8. The lowest BCUT2D eigenvalue weighted by molar-refractivity contribution is -0.0222. The molecule has 0 bridgehead atoms. The van der Waals surface area contributed by atoms with E-state index in [1.807, 2.05) is 6.07 Å². The molecule has 2 unspecified atom stereocenters. The largest absolute Gasteiger partial charge is 0.390 e. The molecule has 2 heteroatoms. The summed E-state index contributed by atoms with van der Waals surface area (Å²) in [6, 6.07) is 19.8. The standard InChI is InChI=1S/C17H28.C14H28O2.C9H12.2C5H12.CH4/c1-12(2)11-17(14(5)6)16-9-7-15(8-10-16)13(3)4;1-8(2)7-11-12(9(3)4)13(15)14(16-11)10(5)6;1-8(2)9-6-4-3-5-7-9;2*1-4-5(2)3;/h7-10,12-14,17H,11H2,1-6H3;8-15H,7H2,1-6H3;3-8H,1-2H3;2*5H,4H2,1-3H3;1H4/t;11-,12?,13+,14+;;;;/m.1..../s1. The summed E-state index contributed by atoms with van der Waals surface area (Å²) in [5.41, 5.74) is 4.37. The Hall–Kier alpha value is -1.64. The highest BCUT2D eigenvalue weighted by Crippen LogP contribution is 2.38. The van der Waals surface area contributed by atoms with Crippen LogP contribution in [0.1, 0.15) is 206 Å². The van der Waals surface area contributed by atoms with E-state index in [1.54, 1.807) is 0 Å². The minimum atomic E-state index is -0.288. The fourth-order valence-corrected chi connectivity index (χ4v) is 6.13. The lowest BCUT2D eigenvalue weighted by atomic mass is 9.81. The summed E-state index contributed by atoms with van der Waals surface area (Å²) in [6.07, 6.45) is 4.93. The van der Waals surface area contributed by atoms with E-state index in [9.17, 15) is 5.11 Å². The second kappa shape index (κ2) is 30.6. The van der Waals surface area contributed by atoms with Crippen molar-refractivity contribution >= 4 is 0 Å². The Labute approximate surface area is 335 Å². The number of hydrogen-bond acceptors (Lipinski definition) is 2. The van der Waals surface area contributed by atoms with E-state index in [1.165, 1.54) is 36.0 Å². The fourth-order valence-electron chi connectivity index (χ4n) is 6.13. The molecule has 2 aromatic rings. The zero-order valence-electron chi connectivity index (χ0n) is 38.5. The van der Waals surface area contributed by atoms with E-state index in [2.05, 4.69) is 187 Å². The van der Waals surface area contributed by atoms with E-state index in [0.29, 0.717) is 41.4 Å². The molecule has 3 rings (SSSR count). The molecule has 0 spiro atoms. The first-order valence-electron chi connectivity index (χ1n) is 21.6. The van der Waals surface area contributed by atoms with Crippen LogP contribution in [0.15, 0.2) is 54.6 Å². The molecule has 1 fully saturated rings. The molecular formula is C51H96O2. The SMILES string of the molecule is C.CC(C)CC(c1ccc(C(C)C)cc1)C(C)C.CC(C)C[C@H]1O[C@@H](C(C)C)[C@@H](O)C1C(C)C.CC(C)c1ccccc1.CCC(C)C.CCC(C)C. The van der Waals surface area contributed by atoms with Crippen LogP contribution in [0.5, 0.6) is 0 Å². The number of benzene rings is 2. The average molecular weight is 741 g/mol. The lowest BCUT2D eigenvalue weighted by Crippen LogP contribution is -2.33. The number of ether oxygens (including phenoxy) is 1. The molecule has 0 aliphatic carbocycles. The second-order valence-corrected chi connectivity index (χ2v) is 18.8. The van der Waals surface area contributed by atoms with Gasteiger partial charge in [0.15, 0.2) is 0 Å². The molecule has 5 atom stereocenters. The van der Waals surface area contributed by atoms with Crippen molar-refractivity contribution in [2.24, 2.45) is 47.3 Å². The van der Waals surface area contributed by atoms with Gasteiger partial charge in [-0.3, -0.25) is 0 Å². The van der Waals surface area contributed by atoms with Gasteiger partial charge in [0.1, 0.15) is 0 Å². The van der Waals surface area contributed by atoms with E-state index in [-0.39, 0.29) is 25.7 Å². The predicted octanol–water partition coefficient (Wildman–Crippen LogP) is 16.2. The minimum absolute atomic E-state index is 0. The summed E-state index contributed by atoms with van der Waals surface area (Å²) < 4.78 is 6.07. The van der Waals surface area contributed by atoms with Gasteiger partial charge in [0.25, 0.3) is 0 Å². The normalized spacial score (nSPS) is 18.7. The van der Waals surface area contributed by atoms with Crippen molar-refractivity contribution in [3.05, 3.63) is 71.3 Å². The maximum absolute atomic E-state index is 10.3. The van der Waals surface area contributed by atoms with Gasteiger partial charge in [-0.1, -0.05) is 213 Å². The molecule has 0 saturated carbocycles. The van der Waals surface area contributed by atoms with Gasteiger partial charge in [0.2, 0.25) is 0 Å². The summed E-state index contributed by atoms with van der Waals surface area (Å²) in [4.78, 5) is 0. The van der Waals surface area contributed by atoms with Gasteiger partial charge in [-0.15, -0.1) is 0 Å². The summed E-state index contributed by atoms with van der Waals surface area (Å²) in [6.45, 7) is 44.6. The summed E-state index contributed by atoms with van der Waals surface area (Å²) in [7, 11) is 0. The molecule has 0 radical (unpaired) electrons. The first kappa shape index (κ1) is 55.7. The van der Waals surface area contributed by atoms with E-state index < -0.39 is 0 Å². The third-order valence-corrected chi connectivity index (χ3v) is 10.3. The molecule has 53 heavy (non-hydrogen) atoms. The first-order valence-corrected chi connectivity index (χ1v) is 21.6. The van der Waals surface area contributed by atoms with Gasteiger partial charge in [-0.25, -0.2) is 0 Å². The summed E-state index contributed by atoms with van der Waals surface area (Å²) in [5, 5.41) is 10.3. The molecule has 2 aromatic carbocycles. The molecule has 0 amide bonds. The maximum atomic E-state index is 10.3. The molecular weight excluding hydrogens is 645 g/mol. The van der Waals surface area contributed by atoms with Gasteiger partial charge in [0, 0.05) is 5.92 Å². The molecule has 1 saturated heterocycles. The molecule has 1 N–H and O–H groups in total. The van der Waals surface area contributed by atoms with E-state index >= 15 is 0 Å². The zero-order valence-corrected chi connectivity index (χ0v) is 38.5.